The fourth-order valence-corrected chi connectivity index (χ4v) is 3.85. The van der Waals surface area contributed by atoms with Crippen molar-refractivity contribution in [2.45, 2.75) is 33.1 Å². The Hall–Kier alpha value is 0. The summed E-state index contributed by atoms with van der Waals surface area (Å²) in [5.74, 6) is 6.80. The molecule has 3 fully saturated rings. The zero-order chi connectivity index (χ0) is 7.59. The average molecular weight is 150 g/mol. The molecule has 0 aromatic heterocycles. The molecule has 0 nitrogen and oxygen atoms in total. The summed E-state index contributed by atoms with van der Waals surface area (Å²) in [6, 6.07) is 0. The third kappa shape index (κ3) is 0.666. The molecule has 3 aliphatic rings. The van der Waals surface area contributed by atoms with E-state index in [0.29, 0.717) is 0 Å². The minimum absolute atomic E-state index is 1.05. The van der Waals surface area contributed by atoms with E-state index >= 15 is 0 Å². The quantitative estimate of drug-likeness (QED) is 0.498. The van der Waals surface area contributed by atoms with Gasteiger partial charge in [0.15, 0.2) is 0 Å². The van der Waals surface area contributed by atoms with Gasteiger partial charge in [0.25, 0.3) is 0 Å². The highest BCUT2D eigenvalue weighted by Crippen LogP contribution is 2.65. The van der Waals surface area contributed by atoms with Crippen molar-refractivity contribution in [3.05, 3.63) is 0 Å². The highest BCUT2D eigenvalue weighted by atomic mass is 14.6. The lowest BCUT2D eigenvalue weighted by atomic mass is 9.58. The molecule has 0 aromatic carbocycles. The van der Waals surface area contributed by atoms with Crippen molar-refractivity contribution in [2.24, 2.45) is 35.5 Å². The average Bonchev–Trinajstić information content (AvgIpc) is 2.62. The fourth-order valence-electron chi connectivity index (χ4n) is 3.85. The van der Waals surface area contributed by atoms with Crippen molar-refractivity contribution in [3.63, 3.8) is 0 Å². The molecule has 0 saturated heterocycles. The number of fused-ring (bicyclic) bond motifs is 3. The van der Waals surface area contributed by atoms with Gasteiger partial charge in [0.05, 0.1) is 0 Å². The molecule has 6 atom stereocenters. The Kier molecular flexibility index (Phi) is 1.09. The zero-order valence-corrected chi connectivity index (χ0v) is 7.59. The molecule has 0 aliphatic heterocycles. The van der Waals surface area contributed by atoms with Crippen LogP contribution < -0.4 is 0 Å². The van der Waals surface area contributed by atoms with Gasteiger partial charge in [0, 0.05) is 0 Å². The van der Waals surface area contributed by atoms with Crippen LogP contribution in [0.15, 0.2) is 0 Å². The normalized spacial score (nSPS) is 66.0. The summed E-state index contributed by atoms with van der Waals surface area (Å²) in [5, 5.41) is 0. The van der Waals surface area contributed by atoms with Gasteiger partial charge < -0.3 is 0 Å². The van der Waals surface area contributed by atoms with Gasteiger partial charge in [-0.3, -0.25) is 0 Å². The van der Waals surface area contributed by atoms with Crippen molar-refractivity contribution in [1.29, 1.82) is 0 Å². The van der Waals surface area contributed by atoms with Gasteiger partial charge in [-0.2, -0.15) is 0 Å². The van der Waals surface area contributed by atoms with E-state index in [-0.39, 0.29) is 0 Å². The van der Waals surface area contributed by atoms with Crippen LogP contribution in [0.2, 0.25) is 0 Å². The summed E-state index contributed by atoms with van der Waals surface area (Å²) < 4.78 is 0. The van der Waals surface area contributed by atoms with Crippen LogP contribution in [-0.4, -0.2) is 0 Å². The van der Waals surface area contributed by atoms with Crippen LogP contribution in [-0.2, 0) is 0 Å². The predicted octanol–water partition coefficient (Wildman–Crippen LogP) is 2.93. The Morgan fingerprint density at radius 3 is 2.00 bits per heavy atom. The summed E-state index contributed by atoms with van der Waals surface area (Å²) in [4.78, 5) is 0. The Bertz CT molecular complexity index is 174. The molecule has 0 heterocycles. The van der Waals surface area contributed by atoms with E-state index in [2.05, 4.69) is 13.8 Å². The first-order valence-corrected chi connectivity index (χ1v) is 5.29. The zero-order valence-electron chi connectivity index (χ0n) is 7.59. The van der Waals surface area contributed by atoms with E-state index in [1.54, 1.807) is 19.3 Å². The smallest absolute Gasteiger partial charge is 0.0349 e. The molecule has 0 bridgehead atoms. The molecule has 0 N–H and O–H groups in total. The maximum Gasteiger partial charge on any atom is -0.0349 e. The Morgan fingerprint density at radius 1 is 0.727 bits per heavy atom. The Labute approximate surface area is 69.4 Å². The van der Waals surface area contributed by atoms with Crippen LogP contribution in [0.25, 0.3) is 0 Å². The minimum atomic E-state index is 1.05. The first kappa shape index (κ1) is 6.51. The molecule has 3 rings (SSSR count). The van der Waals surface area contributed by atoms with Gasteiger partial charge in [-0.15, -0.1) is 0 Å². The monoisotopic (exact) mass is 150 g/mol. The van der Waals surface area contributed by atoms with E-state index in [1.807, 2.05) is 0 Å². The van der Waals surface area contributed by atoms with Crippen LogP contribution >= 0.6 is 0 Å². The molecule has 0 heteroatoms. The molecule has 6 unspecified atom stereocenters. The van der Waals surface area contributed by atoms with Crippen LogP contribution in [0.4, 0.5) is 0 Å². The van der Waals surface area contributed by atoms with Crippen molar-refractivity contribution in [3.8, 4) is 0 Å². The van der Waals surface area contributed by atoms with Crippen LogP contribution in [0, 0.1) is 35.5 Å². The summed E-state index contributed by atoms with van der Waals surface area (Å²) in [6.45, 7) is 4.99. The lowest BCUT2D eigenvalue weighted by molar-refractivity contribution is 0.0171. The molecule has 0 amide bonds. The van der Waals surface area contributed by atoms with Crippen molar-refractivity contribution < 1.29 is 0 Å². The molecule has 11 heavy (non-hydrogen) atoms. The maximum atomic E-state index is 2.50. The maximum absolute atomic E-state index is 2.50. The largest absolute Gasteiger partial charge is 0.0620 e. The van der Waals surface area contributed by atoms with Gasteiger partial charge >= 0.3 is 0 Å². The van der Waals surface area contributed by atoms with Gasteiger partial charge in [0.2, 0.25) is 0 Å². The van der Waals surface area contributed by atoms with Crippen molar-refractivity contribution in [2.75, 3.05) is 0 Å². The molecule has 3 saturated carbocycles. The summed E-state index contributed by atoms with van der Waals surface area (Å²) in [7, 11) is 0. The second kappa shape index (κ2) is 1.84. The topological polar surface area (TPSA) is 0 Å². The summed E-state index contributed by atoms with van der Waals surface area (Å²) in [5.41, 5.74) is 0. The van der Waals surface area contributed by atoms with Crippen LogP contribution in [0.5, 0.6) is 0 Å². The number of rotatable bonds is 0. The lowest BCUT2D eigenvalue weighted by Gasteiger charge is -2.47. The third-order valence-electron chi connectivity index (χ3n) is 5.00. The Morgan fingerprint density at radius 2 is 1.36 bits per heavy atom. The predicted molar refractivity (Wildman–Crippen MR) is 46.1 cm³/mol. The minimum Gasteiger partial charge on any atom is -0.0620 e. The second-order valence-electron chi connectivity index (χ2n) is 5.19. The molecular weight excluding hydrogens is 132 g/mol. The second-order valence-corrected chi connectivity index (χ2v) is 5.19. The standard InChI is InChI=1S/C11H18/c1-6-7(2)10-5-11(10)9-4-3-8(6)9/h6-11H,3-5H2,1-2H3. The third-order valence-corrected chi connectivity index (χ3v) is 5.00. The molecule has 0 spiro atoms. The highest BCUT2D eigenvalue weighted by Gasteiger charge is 2.58. The van der Waals surface area contributed by atoms with Crippen LogP contribution in [0.3, 0.4) is 0 Å². The van der Waals surface area contributed by atoms with E-state index in [4.69, 9.17) is 0 Å². The van der Waals surface area contributed by atoms with Gasteiger partial charge in [-0.05, 0) is 54.8 Å². The lowest BCUT2D eigenvalue weighted by Crippen LogP contribution is -2.40. The van der Waals surface area contributed by atoms with E-state index in [9.17, 15) is 0 Å². The van der Waals surface area contributed by atoms with Gasteiger partial charge in [-0.25, -0.2) is 0 Å². The number of hydrogen-bond donors (Lipinski definition) is 0. The molecule has 0 aromatic rings. The molecule has 3 aliphatic carbocycles. The van der Waals surface area contributed by atoms with E-state index in [0.717, 1.165) is 23.7 Å². The van der Waals surface area contributed by atoms with E-state index in [1.165, 1.54) is 11.8 Å². The summed E-state index contributed by atoms with van der Waals surface area (Å²) >= 11 is 0. The van der Waals surface area contributed by atoms with Gasteiger partial charge in [0.1, 0.15) is 0 Å². The summed E-state index contributed by atoms with van der Waals surface area (Å²) in [6.07, 6.45) is 4.72. The van der Waals surface area contributed by atoms with Crippen molar-refractivity contribution in [1.82, 2.24) is 0 Å². The molecule has 0 radical (unpaired) electrons. The number of hydrogen-bond acceptors (Lipinski definition) is 0. The van der Waals surface area contributed by atoms with Crippen molar-refractivity contribution >= 4 is 0 Å². The SMILES string of the molecule is CC1C(C)C2CC2C2CCC12. The Balaban J connectivity index is 1.86. The first-order valence-electron chi connectivity index (χ1n) is 5.29. The van der Waals surface area contributed by atoms with Gasteiger partial charge in [-0.1, -0.05) is 13.8 Å². The molecular formula is C11H18. The fraction of sp³-hybridized carbons (Fsp3) is 1.00. The molecule has 62 valence electrons. The highest BCUT2D eigenvalue weighted by molar-refractivity contribution is 5.06. The van der Waals surface area contributed by atoms with Crippen LogP contribution in [0.1, 0.15) is 33.1 Å². The first-order chi connectivity index (χ1) is 5.29. The van der Waals surface area contributed by atoms with E-state index < -0.39 is 0 Å².